The molecule has 19 heavy (non-hydrogen) atoms. The van der Waals surface area contributed by atoms with Gasteiger partial charge in [0.05, 0.1) is 29.9 Å². The number of aliphatic hydroxyl groups is 1. The van der Waals surface area contributed by atoms with Crippen LogP contribution in [0, 0.1) is 0 Å². The molecule has 0 saturated heterocycles. The molecule has 0 aliphatic heterocycles. The van der Waals surface area contributed by atoms with Crippen LogP contribution in [0.3, 0.4) is 0 Å². The molecular weight excluding hydrogens is 310 g/mol. The van der Waals surface area contributed by atoms with Crippen LogP contribution < -0.4 is 10.1 Å². The van der Waals surface area contributed by atoms with Crippen LogP contribution in [0.25, 0.3) is 0 Å². The highest BCUT2D eigenvalue weighted by Crippen LogP contribution is 2.27. The Balaban J connectivity index is 2.42. The van der Waals surface area contributed by atoms with E-state index in [2.05, 4.69) is 21.2 Å². The lowest BCUT2D eigenvalue weighted by atomic mass is 10.2. The zero-order valence-electron chi connectivity index (χ0n) is 11.9. The highest BCUT2D eigenvalue weighted by Gasteiger charge is 2.13. The molecule has 1 unspecified atom stereocenters. The van der Waals surface area contributed by atoms with E-state index in [1.807, 2.05) is 39.0 Å². The number of anilines is 1. The van der Waals surface area contributed by atoms with Gasteiger partial charge in [-0.3, -0.25) is 0 Å². The molecule has 108 valence electrons. The van der Waals surface area contributed by atoms with Crippen molar-refractivity contribution in [2.75, 3.05) is 25.6 Å². The normalized spacial score (nSPS) is 13.2. The van der Waals surface area contributed by atoms with E-state index in [1.165, 1.54) is 0 Å². The van der Waals surface area contributed by atoms with Crippen molar-refractivity contribution in [3.8, 4) is 5.75 Å². The van der Waals surface area contributed by atoms with Gasteiger partial charge in [-0.1, -0.05) is 0 Å². The second-order valence-corrected chi connectivity index (χ2v) is 6.16. The maximum atomic E-state index is 9.82. The fourth-order valence-corrected chi connectivity index (χ4v) is 1.96. The van der Waals surface area contributed by atoms with Crippen LogP contribution in [0.5, 0.6) is 5.75 Å². The summed E-state index contributed by atoms with van der Waals surface area (Å²) >= 11 is 3.42. The first kappa shape index (κ1) is 16.3. The van der Waals surface area contributed by atoms with Crippen LogP contribution in [-0.4, -0.2) is 37.1 Å². The average Bonchev–Trinajstić information content (AvgIpc) is 2.33. The molecule has 0 heterocycles. The van der Waals surface area contributed by atoms with Crippen molar-refractivity contribution in [2.24, 2.45) is 0 Å². The van der Waals surface area contributed by atoms with Crippen LogP contribution in [-0.2, 0) is 4.74 Å². The van der Waals surface area contributed by atoms with Crippen LogP contribution in [0.4, 0.5) is 5.69 Å². The van der Waals surface area contributed by atoms with Crippen molar-refractivity contribution in [1.29, 1.82) is 0 Å². The molecule has 0 radical (unpaired) electrons. The summed E-state index contributed by atoms with van der Waals surface area (Å²) in [5.41, 5.74) is 0.687. The Hall–Kier alpha value is -0.780. The van der Waals surface area contributed by atoms with Gasteiger partial charge in [-0.2, -0.15) is 0 Å². The lowest BCUT2D eigenvalue weighted by Crippen LogP contribution is -2.30. The summed E-state index contributed by atoms with van der Waals surface area (Å²) in [7, 11) is 1.63. The number of ether oxygens (including phenoxy) is 2. The third-order valence-electron chi connectivity index (χ3n) is 2.40. The molecule has 0 aliphatic carbocycles. The Labute approximate surface area is 123 Å². The summed E-state index contributed by atoms with van der Waals surface area (Å²) in [5, 5.41) is 13.0. The van der Waals surface area contributed by atoms with Crippen molar-refractivity contribution in [2.45, 2.75) is 32.5 Å². The van der Waals surface area contributed by atoms with E-state index in [0.717, 1.165) is 15.9 Å². The van der Waals surface area contributed by atoms with E-state index >= 15 is 0 Å². The van der Waals surface area contributed by atoms with E-state index in [9.17, 15) is 5.11 Å². The molecule has 0 amide bonds. The molecule has 0 saturated carbocycles. The summed E-state index contributed by atoms with van der Waals surface area (Å²) < 4.78 is 11.6. The molecule has 0 aliphatic rings. The first-order valence-corrected chi connectivity index (χ1v) is 7.00. The number of hydrogen-bond donors (Lipinski definition) is 2. The van der Waals surface area contributed by atoms with Crippen LogP contribution in [0.15, 0.2) is 22.7 Å². The number of halogens is 1. The summed E-state index contributed by atoms with van der Waals surface area (Å²) in [6.07, 6.45) is -0.542. The van der Waals surface area contributed by atoms with Crippen molar-refractivity contribution in [3.63, 3.8) is 0 Å². The molecular formula is C14H22BrNO3. The molecule has 0 aromatic heterocycles. The third kappa shape index (κ3) is 6.27. The topological polar surface area (TPSA) is 50.7 Å². The van der Waals surface area contributed by atoms with Crippen molar-refractivity contribution < 1.29 is 14.6 Å². The highest BCUT2D eigenvalue weighted by atomic mass is 79.9. The van der Waals surface area contributed by atoms with Crippen molar-refractivity contribution >= 4 is 21.6 Å². The molecule has 0 bridgehead atoms. The number of aliphatic hydroxyl groups excluding tert-OH is 1. The summed E-state index contributed by atoms with van der Waals surface area (Å²) in [6, 6.07) is 5.68. The fraction of sp³-hybridized carbons (Fsp3) is 0.571. The minimum Gasteiger partial charge on any atom is -0.496 e. The fourth-order valence-electron chi connectivity index (χ4n) is 1.42. The van der Waals surface area contributed by atoms with Crippen LogP contribution in [0.2, 0.25) is 0 Å². The quantitative estimate of drug-likeness (QED) is 0.841. The van der Waals surface area contributed by atoms with Gasteiger partial charge in [0.1, 0.15) is 5.75 Å². The second kappa shape index (κ2) is 7.12. The third-order valence-corrected chi connectivity index (χ3v) is 3.02. The Bertz CT molecular complexity index is 404. The number of hydrogen-bond acceptors (Lipinski definition) is 4. The molecule has 1 rings (SSSR count). The standard InChI is InChI=1S/C14H22BrNO3/c1-14(2,3)19-9-11(17)8-16-10-5-6-13(18-4)12(15)7-10/h5-7,11,16-17H,8-9H2,1-4H3. The minimum absolute atomic E-state index is 0.232. The van der Waals surface area contributed by atoms with E-state index in [-0.39, 0.29) is 5.60 Å². The minimum atomic E-state index is -0.542. The zero-order valence-corrected chi connectivity index (χ0v) is 13.5. The van der Waals surface area contributed by atoms with Gasteiger partial charge >= 0.3 is 0 Å². The van der Waals surface area contributed by atoms with Gasteiger partial charge in [-0.25, -0.2) is 0 Å². The van der Waals surface area contributed by atoms with E-state index in [1.54, 1.807) is 7.11 Å². The predicted molar refractivity (Wildman–Crippen MR) is 80.9 cm³/mol. The number of methoxy groups -OCH3 is 1. The van der Waals surface area contributed by atoms with Gasteiger partial charge in [0.15, 0.2) is 0 Å². The van der Waals surface area contributed by atoms with Crippen LogP contribution >= 0.6 is 15.9 Å². The summed E-state index contributed by atoms with van der Waals surface area (Å²) in [4.78, 5) is 0. The monoisotopic (exact) mass is 331 g/mol. The average molecular weight is 332 g/mol. The van der Waals surface area contributed by atoms with Crippen molar-refractivity contribution in [3.05, 3.63) is 22.7 Å². The predicted octanol–water partition coefficient (Wildman–Crippen LogP) is 3.05. The largest absolute Gasteiger partial charge is 0.496 e. The summed E-state index contributed by atoms with van der Waals surface area (Å²) in [6.45, 7) is 6.65. The lowest BCUT2D eigenvalue weighted by molar-refractivity contribution is -0.0449. The Morgan fingerprint density at radius 1 is 1.37 bits per heavy atom. The maximum absolute atomic E-state index is 9.82. The Morgan fingerprint density at radius 2 is 2.05 bits per heavy atom. The van der Waals surface area contributed by atoms with Gasteiger partial charge in [0.2, 0.25) is 0 Å². The molecule has 5 heteroatoms. The SMILES string of the molecule is COc1ccc(NCC(O)COC(C)(C)C)cc1Br. The van der Waals surface area contributed by atoms with Gasteiger partial charge in [0, 0.05) is 12.2 Å². The van der Waals surface area contributed by atoms with Crippen molar-refractivity contribution in [1.82, 2.24) is 0 Å². The number of nitrogens with one attached hydrogen (secondary N) is 1. The molecule has 0 spiro atoms. The molecule has 1 aromatic carbocycles. The smallest absolute Gasteiger partial charge is 0.133 e. The maximum Gasteiger partial charge on any atom is 0.133 e. The highest BCUT2D eigenvalue weighted by molar-refractivity contribution is 9.10. The molecule has 1 aromatic rings. The van der Waals surface area contributed by atoms with Gasteiger partial charge in [0.25, 0.3) is 0 Å². The number of rotatable bonds is 6. The Morgan fingerprint density at radius 3 is 2.58 bits per heavy atom. The second-order valence-electron chi connectivity index (χ2n) is 5.31. The molecule has 2 N–H and O–H groups in total. The Kier molecular flexibility index (Phi) is 6.10. The molecule has 1 atom stereocenters. The number of benzene rings is 1. The zero-order chi connectivity index (χ0) is 14.5. The first-order chi connectivity index (χ1) is 8.81. The first-order valence-electron chi connectivity index (χ1n) is 6.21. The van der Waals surface area contributed by atoms with E-state index in [0.29, 0.717) is 13.2 Å². The van der Waals surface area contributed by atoms with Gasteiger partial charge < -0.3 is 19.9 Å². The van der Waals surface area contributed by atoms with E-state index in [4.69, 9.17) is 9.47 Å². The van der Waals surface area contributed by atoms with Gasteiger partial charge in [-0.15, -0.1) is 0 Å². The van der Waals surface area contributed by atoms with Gasteiger partial charge in [-0.05, 0) is 54.9 Å². The molecule has 4 nitrogen and oxygen atoms in total. The van der Waals surface area contributed by atoms with E-state index < -0.39 is 6.10 Å². The van der Waals surface area contributed by atoms with Crippen LogP contribution in [0.1, 0.15) is 20.8 Å². The summed E-state index contributed by atoms with van der Waals surface area (Å²) in [5.74, 6) is 0.780. The lowest BCUT2D eigenvalue weighted by Gasteiger charge is -2.22. The molecule has 0 fully saturated rings.